The summed E-state index contributed by atoms with van der Waals surface area (Å²) in [7, 11) is 2.27. The van der Waals surface area contributed by atoms with Crippen LogP contribution in [0.15, 0.2) is 12.3 Å². The Bertz CT molecular complexity index is 347. The quantitative estimate of drug-likeness (QED) is 0.411. The van der Waals surface area contributed by atoms with E-state index in [-0.39, 0.29) is 23.9 Å². The predicted octanol–water partition coefficient (Wildman–Crippen LogP) is 1.07. The normalized spacial score (nSPS) is 17.8. The maximum Gasteiger partial charge on any atom is 0.234 e. The molecule has 19 heavy (non-hydrogen) atoms. The molecule has 1 saturated heterocycles. The average Bonchev–Trinajstić information content (AvgIpc) is 2.51. The molecule has 0 aromatic rings. The lowest BCUT2D eigenvalue weighted by Gasteiger charge is -2.30. The maximum atomic E-state index is 12.0. The monoisotopic (exact) mass is 266 g/mol. The van der Waals surface area contributed by atoms with Gasteiger partial charge in [0.15, 0.2) is 11.6 Å². The number of aliphatic hydroxyl groups excluding tert-OH is 1. The van der Waals surface area contributed by atoms with E-state index in [1.165, 1.54) is 4.90 Å². The van der Waals surface area contributed by atoms with Crippen molar-refractivity contribution in [3.05, 3.63) is 12.3 Å². The van der Waals surface area contributed by atoms with Gasteiger partial charge in [-0.3, -0.25) is 9.59 Å². The Morgan fingerprint density at radius 3 is 2.89 bits per heavy atom. The summed E-state index contributed by atoms with van der Waals surface area (Å²) in [6.45, 7) is 4.56. The van der Waals surface area contributed by atoms with Crippen LogP contribution in [0.4, 0.5) is 4.79 Å². The number of nitrogens with one attached hydrogen (secondary N) is 1. The van der Waals surface area contributed by atoms with E-state index < -0.39 is 6.04 Å². The first-order valence-electron chi connectivity index (χ1n) is 6.89. The van der Waals surface area contributed by atoms with Gasteiger partial charge in [0.2, 0.25) is 7.28 Å². The van der Waals surface area contributed by atoms with Gasteiger partial charge in [-0.25, -0.2) is 0 Å². The number of rotatable bonds is 7. The molecule has 1 aliphatic heterocycles. The number of carbonyl (C=O) groups excluding carboxylic acids is 2. The van der Waals surface area contributed by atoms with Crippen molar-refractivity contribution in [3.8, 4) is 0 Å². The Labute approximate surface area is 115 Å². The fraction of sp³-hybridized carbons (Fsp3) is 0.692. The van der Waals surface area contributed by atoms with Crippen molar-refractivity contribution in [3.63, 3.8) is 0 Å². The Morgan fingerprint density at radius 2 is 2.26 bits per heavy atom. The highest BCUT2D eigenvalue weighted by atomic mass is 16.3. The Kier molecular flexibility index (Phi) is 6.63. The van der Waals surface area contributed by atoms with E-state index in [2.05, 4.69) is 11.9 Å². The van der Waals surface area contributed by atoms with Gasteiger partial charge in [-0.1, -0.05) is 12.9 Å². The summed E-state index contributed by atoms with van der Waals surface area (Å²) in [5, 5.41) is 12.8. The molecule has 0 radical (unpaired) electrons. The van der Waals surface area contributed by atoms with Crippen molar-refractivity contribution in [2.45, 2.75) is 38.0 Å². The molecule has 5 nitrogen and oxygen atoms in total. The first-order chi connectivity index (χ1) is 9.06. The summed E-state index contributed by atoms with van der Waals surface area (Å²) in [6, 6.07) is -0.425. The molecule has 1 rings (SSSR count). The molecule has 0 aromatic heterocycles. The zero-order chi connectivity index (χ0) is 14.3. The number of amides is 1. The summed E-state index contributed by atoms with van der Waals surface area (Å²) >= 11 is 0. The number of Topliss-reactive ketones (excluding diaryl/α,β-unsaturated/α-hetero) is 1. The van der Waals surface area contributed by atoms with Gasteiger partial charge in [0, 0.05) is 6.42 Å². The Balaban J connectivity index is 2.64. The Hall–Kier alpha value is -1.30. The van der Waals surface area contributed by atoms with E-state index in [0.717, 1.165) is 19.4 Å². The van der Waals surface area contributed by atoms with Crippen LogP contribution in [0, 0.1) is 0 Å². The van der Waals surface area contributed by atoms with Gasteiger partial charge in [0.25, 0.3) is 0 Å². The first kappa shape index (κ1) is 15.8. The molecule has 0 aromatic carbocycles. The van der Waals surface area contributed by atoms with Gasteiger partial charge in [-0.15, -0.1) is 0 Å². The maximum absolute atomic E-state index is 12.0. The van der Waals surface area contributed by atoms with Crippen LogP contribution in [0.2, 0.25) is 6.32 Å². The molecule has 0 unspecified atom stereocenters. The van der Waals surface area contributed by atoms with E-state index in [4.69, 9.17) is 0 Å². The summed E-state index contributed by atoms with van der Waals surface area (Å²) in [6.07, 6.45) is 3.56. The van der Waals surface area contributed by atoms with E-state index in [0.29, 0.717) is 26.4 Å². The lowest BCUT2D eigenvalue weighted by molar-refractivity contribution is -0.119. The van der Waals surface area contributed by atoms with Crippen LogP contribution >= 0.6 is 0 Å². The standard InChI is InChI=1S/C13H23BN2O3/c1-10(17)12(5-3-4-8-15-2)16-9-11(18)6-7-14-13(16)19/h12,14-15,17H,1,3-9H2,2H3/t12-/m0/s1. The van der Waals surface area contributed by atoms with Crippen LogP contribution in [0.3, 0.4) is 0 Å². The lowest BCUT2D eigenvalue weighted by Crippen LogP contribution is -2.44. The van der Waals surface area contributed by atoms with Crippen molar-refractivity contribution < 1.29 is 14.7 Å². The molecule has 6 heteroatoms. The third-order valence-corrected chi connectivity index (χ3v) is 3.43. The second kappa shape index (κ2) is 7.99. The predicted molar refractivity (Wildman–Crippen MR) is 77.0 cm³/mol. The van der Waals surface area contributed by atoms with E-state index in [1.54, 1.807) is 0 Å². The largest absolute Gasteiger partial charge is 0.511 e. The van der Waals surface area contributed by atoms with Crippen LogP contribution in [0.1, 0.15) is 25.7 Å². The van der Waals surface area contributed by atoms with Gasteiger partial charge in [-0.05, 0) is 32.9 Å². The minimum atomic E-state index is -0.425. The number of nitrogens with zero attached hydrogens (tertiary/aromatic N) is 1. The number of carbonyl (C=O) groups is 2. The third kappa shape index (κ3) is 5.07. The molecule has 1 heterocycles. The minimum absolute atomic E-state index is 0.0208. The molecule has 1 aliphatic rings. The number of unbranched alkanes of at least 4 members (excludes halogenated alkanes) is 1. The summed E-state index contributed by atoms with van der Waals surface area (Å²) in [5.74, 6) is -0.0144. The van der Waals surface area contributed by atoms with Crippen molar-refractivity contribution >= 4 is 18.9 Å². The molecule has 1 amide bonds. The van der Waals surface area contributed by atoms with Crippen LogP contribution in [-0.2, 0) is 4.79 Å². The highest BCUT2D eigenvalue weighted by Gasteiger charge is 2.29. The fourth-order valence-electron chi connectivity index (χ4n) is 2.36. The third-order valence-electron chi connectivity index (χ3n) is 3.43. The van der Waals surface area contributed by atoms with Crippen molar-refractivity contribution in [1.29, 1.82) is 0 Å². The Morgan fingerprint density at radius 1 is 1.53 bits per heavy atom. The first-order valence-corrected chi connectivity index (χ1v) is 6.89. The molecule has 1 fully saturated rings. The van der Waals surface area contributed by atoms with Crippen LogP contribution in [0.5, 0.6) is 0 Å². The van der Waals surface area contributed by atoms with Crippen LogP contribution in [0.25, 0.3) is 0 Å². The number of hydrogen-bond acceptors (Lipinski definition) is 4. The highest BCUT2D eigenvalue weighted by Crippen LogP contribution is 2.18. The van der Waals surface area contributed by atoms with Crippen LogP contribution in [-0.4, -0.2) is 55.1 Å². The molecule has 0 saturated carbocycles. The molecule has 0 aliphatic carbocycles. The average molecular weight is 266 g/mol. The van der Waals surface area contributed by atoms with Crippen molar-refractivity contribution in [2.24, 2.45) is 0 Å². The SMILES string of the molecule is C=C(O)[C@H](CCCCNC)N1CC(=O)CCBC1=O. The zero-order valence-corrected chi connectivity index (χ0v) is 11.7. The molecule has 1 atom stereocenters. The van der Waals surface area contributed by atoms with E-state index >= 15 is 0 Å². The summed E-state index contributed by atoms with van der Waals surface area (Å²) in [5.41, 5.74) is 0. The summed E-state index contributed by atoms with van der Waals surface area (Å²) < 4.78 is 0. The van der Waals surface area contributed by atoms with Crippen molar-refractivity contribution in [2.75, 3.05) is 20.1 Å². The number of ketones is 1. The molecule has 2 N–H and O–H groups in total. The van der Waals surface area contributed by atoms with Gasteiger partial charge in [0.05, 0.1) is 12.6 Å². The zero-order valence-electron chi connectivity index (χ0n) is 11.7. The second-order valence-corrected chi connectivity index (χ2v) is 5.02. The number of aliphatic hydroxyl groups is 1. The molecule has 0 bridgehead atoms. The molecule has 0 spiro atoms. The molecular formula is C13H23BN2O3. The van der Waals surface area contributed by atoms with Crippen molar-refractivity contribution in [1.82, 2.24) is 10.2 Å². The second-order valence-electron chi connectivity index (χ2n) is 5.02. The fourth-order valence-corrected chi connectivity index (χ4v) is 2.36. The van der Waals surface area contributed by atoms with Gasteiger partial charge >= 0.3 is 0 Å². The van der Waals surface area contributed by atoms with Gasteiger partial charge < -0.3 is 15.3 Å². The molecular weight excluding hydrogens is 243 g/mol. The summed E-state index contributed by atoms with van der Waals surface area (Å²) in [4.78, 5) is 25.1. The number of hydrogen-bond donors (Lipinski definition) is 2. The van der Waals surface area contributed by atoms with E-state index in [1.807, 2.05) is 7.05 Å². The lowest BCUT2D eigenvalue weighted by atomic mass is 9.72. The van der Waals surface area contributed by atoms with E-state index in [9.17, 15) is 14.7 Å². The van der Waals surface area contributed by atoms with Gasteiger partial charge in [0.1, 0.15) is 5.76 Å². The minimum Gasteiger partial charge on any atom is -0.511 e. The topological polar surface area (TPSA) is 69.6 Å². The molecule has 106 valence electrons. The van der Waals surface area contributed by atoms with Gasteiger partial charge in [-0.2, -0.15) is 0 Å². The highest BCUT2D eigenvalue weighted by molar-refractivity contribution is 6.73. The smallest absolute Gasteiger partial charge is 0.234 e. The van der Waals surface area contributed by atoms with Crippen LogP contribution < -0.4 is 5.32 Å².